The Morgan fingerprint density at radius 1 is 0.861 bits per heavy atom. The molecule has 2 aromatic rings. The number of fused-ring (bicyclic) bond motifs is 3. The zero-order valence-corrected chi connectivity index (χ0v) is 20.3. The van der Waals surface area contributed by atoms with Crippen molar-refractivity contribution in [3.63, 3.8) is 0 Å². The Morgan fingerprint density at radius 2 is 1.56 bits per heavy atom. The van der Waals surface area contributed by atoms with Gasteiger partial charge in [-0.2, -0.15) is 17.6 Å². The molecule has 0 amide bonds. The fourth-order valence-corrected chi connectivity index (χ4v) is 5.02. The largest absolute Gasteiger partial charge is 0.368 e. The average molecular weight is 513 g/mol. The van der Waals surface area contributed by atoms with Gasteiger partial charge in [0.15, 0.2) is 0 Å². The van der Waals surface area contributed by atoms with E-state index in [1.54, 1.807) is 12.1 Å². The van der Waals surface area contributed by atoms with Crippen LogP contribution in [0.15, 0.2) is 47.8 Å². The lowest BCUT2D eigenvalue weighted by atomic mass is 9.72. The van der Waals surface area contributed by atoms with Gasteiger partial charge >= 0.3 is 11.8 Å². The summed E-state index contributed by atoms with van der Waals surface area (Å²) in [5.41, 5.74) is -4.77. The van der Waals surface area contributed by atoms with Gasteiger partial charge in [-0.1, -0.05) is 43.7 Å². The molecule has 0 N–H and O–H groups in total. The van der Waals surface area contributed by atoms with Crippen LogP contribution in [0.2, 0.25) is 0 Å². The molecule has 1 atom stereocenters. The van der Waals surface area contributed by atoms with Crippen molar-refractivity contribution >= 4 is 5.57 Å². The van der Waals surface area contributed by atoms with Gasteiger partial charge < -0.3 is 4.74 Å². The summed E-state index contributed by atoms with van der Waals surface area (Å²) < 4.78 is 111. The highest BCUT2D eigenvalue weighted by atomic mass is 19.3. The third-order valence-electron chi connectivity index (χ3n) is 6.97. The highest BCUT2D eigenvalue weighted by Gasteiger charge is 2.67. The maximum absolute atomic E-state index is 15.4. The molecule has 4 rings (SSSR count). The van der Waals surface area contributed by atoms with Gasteiger partial charge in [0.2, 0.25) is 0 Å². The molecule has 0 bridgehead atoms. The number of ether oxygens (including phenoxy) is 1. The smallest absolute Gasteiger partial charge is 0.343 e. The summed E-state index contributed by atoms with van der Waals surface area (Å²) in [7, 11) is 0. The van der Waals surface area contributed by atoms with E-state index in [1.807, 2.05) is 6.92 Å². The van der Waals surface area contributed by atoms with Crippen molar-refractivity contribution in [1.29, 1.82) is 0 Å². The quantitative estimate of drug-likeness (QED) is 0.340. The second-order valence-electron chi connectivity index (χ2n) is 9.46. The fourth-order valence-electron chi connectivity index (χ4n) is 5.02. The highest BCUT2D eigenvalue weighted by Crippen LogP contribution is 2.61. The van der Waals surface area contributed by atoms with Crippen LogP contribution in [0.4, 0.5) is 30.7 Å². The summed E-state index contributed by atoms with van der Waals surface area (Å²) in [6.07, 6.45) is 2.37. The molecule has 1 nitrogen and oxygen atoms in total. The molecule has 0 fully saturated rings. The predicted octanol–water partition coefficient (Wildman–Crippen LogP) is 8.25. The van der Waals surface area contributed by atoms with Gasteiger partial charge in [0.05, 0.1) is 11.1 Å². The van der Waals surface area contributed by atoms with Crippen molar-refractivity contribution in [1.82, 2.24) is 0 Å². The molecule has 0 saturated heterocycles. The minimum Gasteiger partial charge on any atom is -0.368 e. The van der Waals surface area contributed by atoms with Gasteiger partial charge in [0.1, 0.15) is 23.1 Å². The van der Waals surface area contributed by atoms with Crippen LogP contribution in [-0.2, 0) is 29.9 Å². The number of allylic oxidation sites excluding steroid dienone is 2. The van der Waals surface area contributed by atoms with Crippen LogP contribution in [0.1, 0.15) is 61.4 Å². The van der Waals surface area contributed by atoms with Crippen molar-refractivity contribution in [3.8, 4) is 0 Å². The number of hydrogen-bond donors (Lipinski definition) is 0. The summed E-state index contributed by atoms with van der Waals surface area (Å²) in [6.45, 7) is 4.66. The van der Waals surface area contributed by atoms with E-state index in [0.29, 0.717) is 17.5 Å². The van der Waals surface area contributed by atoms with E-state index in [9.17, 15) is 4.39 Å². The monoisotopic (exact) mass is 512 g/mol. The second-order valence-corrected chi connectivity index (χ2v) is 9.46. The molecule has 0 radical (unpaired) electrons. The summed E-state index contributed by atoms with van der Waals surface area (Å²) in [6, 6.07) is 6.98. The SMILES string of the molecule is CCCc1ccc(CCc2ccc3c(c2F)C(F)(F)C(F)(F)C2=C(F)C(C)(OCC)CC=C23)cc1F. The maximum Gasteiger partial charge on any atom is 0.343 e. The van der Waals surface area contributed by atoms with Crippen LogP contribution in [0, 0.1) is 11.6 Å². The Morgan fingerprint density at radius 3 is 2.19 bits per heavy atom. The molecule has 0 heterocycles. The van der Waals surface area contributed by atoms with Crippen LogP contribution in [0.25, 0.3) is 5.57 Å². The first-order valence-electron chi connectivity index (χ1n) is 12.0. The second kappa shape index (κ2) is 9.36. The molecular formula is C28H27F7O. The number of benzene rings is 2. The minimum atomic E-state index is -5.00. The van der Waals surface area contributed by atoms with Crippen LogP contribution in [0.5, 0.6) is 0 Å². The van der Waals surface area contributed by atoms with Gasteiger partial charge in [0, 0.05) is 13.0 Å². The number of hydrogen-bond acceptors (Lipinski definition) is 1. The topological polar surface area (TPSA) is 9.23 Å². The lowest BCUT2D eigenvalue weighted by molar-refractivity contribution is -0.197. The van der Waals surface area contributed by atoms with Gasteiger partial charge in [-0.15, -0.1) is 0 Å². The van der Waals surface area contributed by atoms with Crippen molar-refractivity contribution in [2.24, 2.45) is 0 Å². The van der Waals surface area contributed by atoms with Gasteiger partial charge in [-0.05, 0) is 67.0 Å². The molecule has 0 saturated carbocycles. The molecule has 194 valence electrons. The van der Waals surface area contributed by atoms with Crippen LogP contribution in [0.3, 0.4) is 0 Å². The number of aryl methyl sites for hydroxylation is 3. The first-order valence-corrected chi connectivity index (χ1v) is 12.0. The third kappa shape index (κ3) is 4.07. The minimum absolute atomic E-state index is 0.0118. The normalized spacial score (nSPS) is 22.2. The van der Waals surface area contributed by atoms with Gasteiger partial charge in [-0.25, -0.2) is 13.2 Å². The van der Waals surface area contributed by atoms with Crippen LogP contribution >= 0.6 is 0 Å². The fraction of sp³-hybridized carbons (Fsp3) is 0.429. The summed E-state index contributed by atoms with van der Waals surface area (Å²) in [5, 5.41) is 0. The molecule has 2 aliphatic rings. The van der Waals surface area contributed by atoms with Crippen molar-refractivity contribution in [2.45, 2.75) is 70.3 Å². The van der Waals surface area contributed by atoms with Crippen molar-refractivity contribution in [2.75, 3.05) is 6.61 Å². The standard InChI is InChI=1S/C28H27F7O/c1-4-6-17-9-7-16(15-21(17)29)8-10-18-11-12-19-20-13-14-26(3,36-5-2)25(31)23(20)28(34,35)27(32,33)22(19)24(18)30/h7,9,11-13,15H,4-6,8,10,14H2,1-3H3. The molecule has 0 aromatic heterocycles. The molecule has 1 unspecified atom stereocenters. The number of halogens is 7. The van der Waals surface area contributed by atoms with Crippen LogP contribution < -0.4 is 0 Å². The van der Waals surface area contributed by atoms with Gasteiger partial charge in [-0.3, -0.25) is 0 Å². The Balaban J connectivity index is 1.74. The van der Waals surface area contributed by atoms with E-state index >= 15 is 26.3 Å². The van der Waals surface area contributed by atoms with E-state index in [1.165, 1.54) is 32.1 Å². The molecule has 0 spiro atoms. The first-order chi connectivity index (χ1) is 16.9. The molecular weight excluding hydrogens is 485 g/mol. The lowest BCUT2D eigenvalue weighted by Gasteiger charge is -2.42. The van der Waals surface area contributed by atoms with Crippen LogP contribution in [-0.4, -0.2) is 18.1 Å². The summed E-state index contributed by atoms with van der Waals surface area (Å²) in [4.78, 5) is 0. The summed E-state index contributed by atoms with van der Waals surface area (Å²) >= 11 is 0. The van der Waals surface area contributed by atoms with E-state index in [4.69, 9.17) is 4.74 Å². The van der Waals surface area contributed by atoms with Gasteiger partial charge in [0.25, 0.3) is 0 Å². The van der Waals surface area contributed by atoms with Crippen molar-refractivity contribution < 1.29 is 35.5 Å². The molecule has 2 aromatic carbocycles. The predicted molar refractivity (Wildman–Crippen MR) is 124 cm³/mol. The molecule has 36 heavy (non-hydrogen) atoms. The Kier molecular flexibility index (Phi) is 6.88. The molecule has 8 heteroatoms. The zero-order chi connectivity index (χ0) is 26.5. The Bertz CT molecular complexity index is 1240. The lowest BCUT2D eigenvalue weighted by Crippen LogP contribution is -2.48. The van der Waals surface area contributed by atoms with Crippen molar-refractivity contribution in [3.05, 3.63) is 87.3 Å². The van der Waals surface area contributed by atoms with E-state index in [2.05, 4.69) is 0 Å². The highest BCUT2D eigenvalue weighted by molar-refractivity contribution is 5.88. The third-order valence-corrected chi connectivity index (χ3v) is 6.97. The molecule has 2 aliphatic carbocycles. The first kappa shape index (κ1) is 26.5. The maximum atomic E-state index is 15.4. The van der Waals surface area contributed by atoms with E-state index in [0.717, 1.165) is 12.5 Å². The number of alkyl halides is 4. The van der Waals surface area contributed by atoms with E-state index in [-0.39, 0.29) is 31.4 Å². The molecule has 0 aliphatic heterocycles. The Labute approximate surface area is 205 Å². The summed E-state index contributed by atoms with van der Waals surface area (Å²) in [5.74, 6) is -13.3. The average Bonchev–Trinajstić information content (AvgIpc) is 2.80. The Hall–Kier alpha value is -2.61. The zero-order valence-electron chi connectivity index (χ0n) is 20.3. The van der Waals surface area contributed by atoms with E-state index < -0.39 is 57.2 Å². The number of rotatable bonds is 7.